The van der Waals surface area contributed by atoms with Crippen LogP contribution >= 0.6 is 0 Å². The zero-order chi connectivity index (χ0) is 31.9. The number of hydrogen-bond donors (Lipinski definition) is 2. The van der Waals surface area contributed by atoms with E-state index in [1.165, 1.54) is 24.1 Å². The molecule has 3 aromatic carbocycles. The fourth-order valence-corrected chi connectivity index (χ4v) is 6.48. The largest absolute Gasteiger partial charge is 0.494 e. The second-order valence-corrected chi connectivity index (χ2v) is 12.8. The van der Waals surface area contributed by atoms with E-state index >= 15 is 0 Å². The lowest BCUT2D eigenvalue weighted by atomic mass is 10.0. The molecule has 0 unspecified atom stereocenters. The van der Waals surface area contributed by atoms with Crippen LogP contribution in [0.2, 0.25) is 0 Å². The topological polar surface area (TPSA) is 125 Å². The highest BCUT2D eigenvalue weighted by Gasteiger charge is 2.39. The van der Waals surface area contributed by atoms with Crippen LogP contribution in [0.5, 0.6) is 5.75 Å². The minimum atomic E-state index is -4.26. The SMILES string of the molecule is CC[C@H](C)CN(C[C@@H](O)[C@H](Cc1ccccc1)NC(=O)[C@@H]1CN(c2ccccc2)C(=O)O1)S(=O)(=O)c1ccc(OC)c(F)c1. The van der Waals surface area contributed by atoms with Crippen LogP contribution in [-0.4, -0.2) is 74.8 Å². The van der Waals surface area contributed by atoms with Gasteiger partial charge in [-0.2, -0.15) is 4.31 Å². The zero-order valence-electron chi connectivity index (χ0n) is 24.9. The van der Waals surface area contributed by atoms with Gasteiger partial charge in [-0.1, -0.05) is 68.8 Å². The molecular weight excluding hydrogens is 589 g/mol. The molecule has 0 saturated carbocycles. The van der Waals surface area contributed by atoms with Gasteiger partial charge in [-0.15, -0.1) is 0 Å². The van der Waals surface area contributed by atoms with Crippen LogP contribution in [0.15, 0.2) is 83.8 Å². The summed E-state index contributed by atoms with van der Waals surface area (Å²) in [7, 11) is -2.97. The fourth-order valence-electron chi connectivity index (χ4n) is 4.89. The summed E-state index contributed by atoms with van der Waals surface area (Å²) >= 11 is 0. The van der Waals surface area contributed by atoms with Gasteiger partial charge in [0, 0.05) is 18.8 Å². The monoisotopic (exact) mass is 627 g/mol. The average molecular weight is 628 g/mol. The van der Waals surface area contributed by atoms with E-state index in [0.717, 1.165) is 15.9 Å². The Morgan fingerprint density at radius 2 is 1.77 bits per heavy atom. The first kappa shape index (κ1) is 32.9. The maximum Gasteiger partial charge on any atom is 0.415 e. The molecule has 236 valence electrons. The summed E-state index contributed by atoms with van der Waals surface area (Å²) in [6, 6.07) is 20.3. The number of anilines is 1. The molecule has 2 amide bonds. The number of ether oxygens (including phenoxy) is 2. The lowest BCUT2D eigenvalue weighted by Gasteiger charge is -2.31. The minimum Gasteiger partial charge on any atom is -0.494 e. The summed E-state index contributed by atoms with van der Waals surface area (Å²) < 4.78 is 53.4. The number of rotatable bonds is 14. The number of carbonyl (C=O) groups excluding carboxylic acids is 2. The van der Waals surface area contributed by atoms with Gasteiger partial charge >= 0.3 is 6.09 Å². The van der Waals surface area contributed by atoms with Gasteiger partial charge in [0.15, 0.2) is 17.7 Å². The third-order valence-electron chi connectivity index (χ3n) is 7.63. The Kier molecular flexibility index (Phi) is 11.0. The van der Waals surface area contributed by atoms with E-state index in [4.69, 9.17) is 9.47 Å². The van der Waals surface area contributed by atoms with Gasteiger partial charge in [-0.05, 0) is 48.2 Å². The van der Waals surface area contributed by atoms with Crippen molar-refractivity contribution in [3.05, 3.63) is 90.2 Å². The van der Waals surface area contributed by atoms with Crippen LogP contribution in [-0.2, 0) is 26.0 Å². The summed E-state index contributed by atoms with van der Waals surface area (Å²) in [5.74, 6) is -1.63. The van der Waals surface area contributed by atoms with Gasteiger partial charge in [0.2, 0.25) is 10.0 Å². The molecule has 1 heterocycles. The van der Waals surface area contributed by atoms with Gasteiger partial charge in [0.1, 0.15) is 0 Å². The van der Waals surface area contributed by atoms with Crippen molar-refractivity contribution >= 4 is 27.7 Å². The molecule has 0 bridgehead atoms. The predicted molar refractivity (Wildman–Crippen MR) is 163 cm³/mol. The molecule has 1 saturated heterocycles. The summed E-state index contributed by atoms with van der Waals surface area (Å²) in [4.78, 5) is 27.0. The zero-order valence-corrected chi connectivity index (χ0v) is 25.7. The van der Waals surface area contributed by atoms with Crippen molar-refractivity contribution in [1.29, 1.82) is 0 Å². The third kappa shape index (κ3) is 7.93. The number of hydrogen-bond acceptors (Lipinski definition) is 7. The van der Waals surface area contributed by atoms with Crippen molar-refractivity contribution in [1.82, 2.24) is 9.62 Å². The average Bonchev–Trinajstić information content (AvgIpc) is 3.42. The second-order valence-electron chi connectivity index (χ2n) is 10.8. The molecule has 2 N–H and O–H groups in total. The quantitative estimate of drug-likeness (QED) is 0.277. The number of sulfonamides is 1. The number of nitrogens with zero attached hydrogens (tertiary/aromatic N) is 2. The molecule has 4 atom stereocenters. The van der Waals surface area contributed by atoms with E-state index in [1.807, 2.05) is 44.2 Å². The molecule has 3 aromatic rings. The van der Waals surface area contributed by atoms with Crippen LogP contribution in [0.4, 0.5) is 14.9 Å². The van der Waals surface area contributed by atoms with Gasteiger partial charge < -0.3 is 19.9 Å². The van der Waals surface area contributed by atoms with Crippen molar-refractivity contribution in [2.24, 2.45) is 5.92 Å². The highest BCUT2D eigenvalue weighted by molar-refractivity contribution is 7.89. The number of cyclic esters (lactones) is 1. The number of amides is 2. The standard InChI is InChI=1S/C32H38FN3O7S/c1-4-22(2)19-35(44(40,41)25-15-16-29(42-3)26(33)18-25)20-28(37)27(17-23-11-7-5-8-12-23)34-31(38)30-21-36(32(39)43-30)24-13-9-6-10-14-24/h5-16,18,22,27-28,30,37H,4,17,19-21H2,1-3H3,(H,34,38)/t22-,27-,28+,30-/m0/s1. The molecule has 1 aliphatic rings. The van der Waals surface area contributed by atoms with Crippen molar-refractivity contribution in [2.45, 2.75) is 49.8 Å². The Morgan fingerprint density at radius 1 is 1.11 bits per heavy atom. The fraction of sp³-hybridized carbons (Fsp3) is 0.375. The first-order valence-electron chi connectivity index (χ1n) is 14.4. The number of halogens is 1. The first-order valence-corrected chi connectivity index (χ1v) is 15.9. The summed E-state index contributed by atoms with van der Waals surface area (Å²) in [6.07, 6.45) is -2.35. The van der Waals surface area contributed by atoms with Gasteiger partial charge in [0.05, 0.1) is 30.7 Å². The van der Waals surface area contributed by atoms with Crippen molar-refractivity contribution in [3.8, 4) is 5.75 Å². The number of aliphatic hydroxyl groups excluding tert-OH is 1. The Bertz CT molecular complexity index is 1530. The van der Waals surface area contributed by atoms with E-state index in [1.54, 1.807) is 30.3 Å². The molecular formula is C32H38FN3O7S. The Balaban J connectivity index is 1.57. The van der Waals surface area contributed by atoms with Crippen LogP contribution in [0.3, 0.4) is 0 Å². The van der Waals surface area contributed by atoms with Crippen molar-refractivity contribution in [3.63, 3.8) is 0 Å². The minimum absolute atomic E-state index is 0.0274. The maximum atomic E-state index is 14.5. The number of aliphatic hydroxyl groups is 1. The van der Waals surface area contributed by atoms with Gasteiger partial charge in [-0.3, -0.25) is 9.69 Å². The lowest BCUT2D eigenvalue weighted by Crippen LogP contribution is -2.53. The molecule has 12 heteroatoms. The molecule has 1 fully saturated rings. The molecule has 44 heavy (non-hydrogen) atoms. The van der Waals surface area contributed by atoms with Crippen LogP contribution in [0.1, 0.15) is 25.8 Å². The number of nitrogens with one attached hydrogen (secondary N) is 1. The third-order valence-corrected chi connectivity index (χ3v) is 9.45. The smallest absolute Gasteiger partial charge is 0.415 e. The molecule has 0 spiro atoms. The molecule has 0 radical (unpaired) electrons. The molecule has 4 rings (SSSR count). The number of benzene rings is 3. The van der Waals surface area contributed by atoms with E-state index < -0.39 is 46.1 Å². The van der Waals surface area contributed by atoms with Crippen molar-refractivity contribution in [2.75, 3.05) is 31.6 Å². The second kappa shape index (κ2) is 14.7. The Hall–Kier alpha value is -4.00. The normalized spacial score (nSPS) is 17.2. The maximum absolute atomic E-state index is 14.5. The van der Waals surface area contributed by atoms with Gasteiger partial charge in [0.25, 0.3) is 5.91 Å². The summed E-state index contributed by atoms with van der Waals surface area (Å²) in [6.45, 7) is 3.44. The van der Waals surface area contributed by atoms with Crippen LogP contribution in [0, 0.1) is 11.7 Å². The Labute approximate surface area is 257 Å². The molecule has 0 aromatic heterocycles. The number of para-hydroxylation sites is 1. The highest BCUT2D eigenvalue weighted by atomic mass is 32.2. The highest BCUT2D eigenvalue weighted by Crippen LogP contribution is 2.25. The van der Waals surface area contributed by atoms with E-state index in [2.05, 4.69) is 5.32 Å². The predicted octanol–water partition coefficient (Wildman–Crippen LogP) is 3.98. The van der Waals surface area contributed by atoms with Crippen molar-refractivity contribution < 1.29 is 37.0 Å². The lowest BCUT2D eigenvalue weighted by molar-refractivity contribution is -0.129. The number of carbonyl (C=O) groups is 2. The molecule has 10 nitrogen and oxygen atoms in total. The van der Waals surface area contributed by atoms with Gasteiger partial charge in [-0.25, -0.2) is 17.6 Å². The van der Waals surface area contributed by atoms with Crippen LogP contribution in [0.25, 0.3) is 0 Å². The number of methoxy groups -OCH3 is 1. The van der Waals surface area contributed by atoms with E-state index in [-0.39, 0.29) is 42.6 Å². The van der Waals surface area contributed by atoms with Crippen LogP contribution < -0.4 is 15.0 Å². The summed E-state index contributed by atoms with van der Waals surface area (Å²) in [5.41, 5.74) is 1.37. The first-order chi connectivity index (χ1) is 21.0. The Morgan fingerprint density at radius 3 is 2.39 bits per heavy atom. The summed E-state index contributed by atoms with van der Waals surface area (Å²) in [5, 5.41) is 14.3. The van der Waals surface area contributed by atoms with E-state index in [0.29, 0.717) is 12.1 Å². The molecule has 1 aliphatic heterocycles. The van der Waals surface area contributed by atoms with E-state index in [9.17, 15) is 27.5 Å². The molecule has 0 aliphatic carbocycles.